The molecule has 0 fully saturated rings. The number of aromatic nitrogens is 1. The second kappa shape index (κ2) is 4.05. The number of rotatable bonds is 1. The van der Waals surface area contributed by atoms with Crippen LogP contribution in [-0.2, 0) is 0 Å². The van der Waals surface area contributed by atoms with Gasteiger partial charge >= 0.3 is 0 Å². The molecule has 2 unspecified atom stereocenters. The summed E-state index contributed by atoms with van der Waals surface area (Å²) in [5.74, 6) is 0.358. The summed E-state index contributed by atoms with van der Waals surface area (Å²) < 4.78 is 0. The van der Waals surface area contributed by atoms with E-state index in [1.165, 1.54) is 21.9 Å². The molecule has 2 heterocycles. The Balaban J connectivity index is 1.87. The molecule has 2 atom stereocenters. The smallest absolute Gasteiger partial charge is 0.0736 e. The standard InChI is InChI=1S/C16H13N3/c1-2-12-9-17-7-6-15(12)14(3-1)11-4-5-16-13(8-11)10-18-19-16/h1-10,13,16,19H. The lowest BCUT2D eigenvalue weighted by Gasteiger charge is -2.18. The van der Waals surface area contributed by atoms with Crippen LogP contribution in [0.15, 0.2) is 60.0 Å². The highest BCUT2D eigenvalue weighted by molar-refractivity contribution is 5.96. The minimum atomic E-state index is 0.320. The van der Waals surface area contributed by atoms with Crippen LogP contribution in [0.4, 0.5) is 0 Å². The SMILES string of the molecule is C1=CC2NN=CC2C=C1c1cccc2cnccc12. The van der Waals surface area contributed by atoms with Crippen molar-refractivity contribution in [2.24, 2.45) is 11.0 Å². The number of benzene rings is 1. The molecular formula is C16H13N3. The molecule has 1 aromatic heterocycles. The molecule has 2 aliphatic rings. The third kappa shape index (κ3) is 1.66. The molecule has 1 N–H and O–H groups in total. The number of fused-ring (bicyclic) bond motifs is 2. The Kier molecular flexibility index (Phi) is 2.24. The zero-order valence-electron chi connectivity index (χ0n) is 10.3. The van der Waals surface area contributed by atoms with Crippen LogP contribution in [0.3, 0.4) is 0 Å². The highest BCUT2D eigenvalue weighted by Crippen LogP contribution is 2.30. The fourth-order valence-electron chi connectivity index (χ4n) is 2.74. The predicted molar refractivity (Wildman–Crippen MR) is 77.8 cm³/mol. The van der Waals surface area contributed by atoms with E-state index in [1.54, 1.807) is 0 Å². The van der Waals surface area contributed by atoms with Crippen LogP contribution < -0.4 is 5.43 Å². The number of hydrazone groups is 1. The second-order valence-corrected chi connectivity index (χ2v) is 4.89. The third-order valence-electron chi connectivity index (χ3n) is 3.73. The van der Waals surface area contributed by atoms with Gasteiger partial charge in [0.2, 0.25) is 0 Å². The largest absolute Gasteiger partial charge is 0.302 e. The van der Waals surface area contributed by atoms with Crippen LogP contribution in [0, 0.1) is 5.92 Å². The van der Waals surface area contributed by atoms with Crippen LogP contribution in [0.2, 0.25) is 0 Å². The van der Waals surface area contributed by atoms with Gasteiger partial charge in [-0.05, 0) is 22.6 Å². The van der Waals surface area contributed by atoms with Crippen molar-refractivity contribution in [2.75, 3.05) is 0 Å². The van der Waals surface area contributed by atoms with Gasteiger partial charge in [0.15, 0.2) is 0 Å². The van der Waals surface area contributed by atoms with E-state index in [0.29, 0.717) is 12.0 Å². The monoisotopic (exact) mass is 247 g/mol. The molecule has 92 valence electrons. The van der Waals surface area contributed by atoms with Crippen LogP contribution in [0.25, 0.3) is 16.3 Å². The van der Waals surface area contributed by atoms with Crippen molar-refractivity contribution < 1.29 is 0 Å². The van der Waals surface area contributed by atoms with Gasteiger partial charge in [-0.1, -0.05) is 36.4 Å². The topological polar surface area (TPSA) is 37.3 Å². The number of hydrogen-bond acceptors (Lipinski definition) is 3. The van der Waals surface area contributed by atoms with Gasteiger partial charge in [-0.25, -0.2) is 0 Å². The maximum absolute atomic E-state index is 4.18. The third-order valence-corrected chi connectivity index (χ3v) is 3.73. The quantitative estimate of drug-likeness (QED) is 0.841. The molecule has 2 aromatic rings. The van der Waals surface area contributed by atoms with E-state index in [4.69, 9.17) is 0 Å². The van der Waals surface area contributed by atoms with Crippen molar-refractivity contribution in [3.05, 3.63) is 60.5 Å². The molecule has 0 radical (unpaired) electrons. The van der Waals surface area contributed by atoms with E-state index in [1.807, 2.05) is 18.6 Å². The van der Waals surface area contributed by atoms with E-state index < -0.39 is 0 Å². The summed E-state index contributed by atoms with van der Waals surface area (Å²) >= 11 is 0. The summed E-state index contributed by atoms with van der Waals surface area (Å²) in [6.07, 6.45) is 12.4. The molecule has 4 rings (SSSR count). The van der Waals surface area contributed by atoms with Gasteiger partial charge < -0.3 is 5.43 Å². The summed E-state index contributed by atoms with van der Waals surface area (Å²) in [4.78, 5) is 4.18. The van der Waals surface area contributed by atoms with Crippen molar-refractivity contribution in [2.45, 2.75) is 6.04 Å². The fraction of sp³-hybridized carbons (Fsp3) is 0.125. The second-order valence-electron chi connectivity index (χ2n) is 4.89. The summed E-state index contributed by atoms with van der Waals surface area (Å²) in [6.45, 7) is 0. The lowest BCUT2D eigenvalue weighted by molar-refractivity contribution is 0.624. The summed E-state index contributed by atoms with van der Waals surface area (Å²) in [6, 6.07) is 8.74. The average Bonchev–Trinajstić information content (AvgIpc) is 2.94. The first-order valence-corrected chi connectivity index (χ1v) is 6.44. The maximum atomic E-state index is 4.18. The van der Waals surface area contributed by atoms with Crippen LogP contribution in [0.5, 0.6) is 0 Å². The minimum absolute atomic E-state index is 0.320. The van der Waals surface area contributed by atoms with Gasteiger partial charge in [0.25, 0.3) is 0 Å². The first kappa shape index (κ1) is 10.5. The number of nitrogens with one attached hydrogen (secondary N) is 1. The van der Waals surface area contributed by atoms with E-state index >= 15 is 0 Å². The van der Waals surface area contributed by atoms with E-state index in [-0.39, 0.29) is 0 Å². The van der Waals surface area contributed by atoms with Crippen molar-refractivity contribution in [3.63, 3.8) is 0 Å². The Hall–Kier alpha value is -2.42. The Morgan fingerprint density at radius 2 is 2.16 bits per heavy atom. The fourth-order valence-corrected chi connectivity index (χ4v) is 2.74. The molecule has 3 heteroatoms. The molecule has 0 saturated heterocycles. The van der Waals surface area contributed by atoms with Gasteiger partial charge in [-0.15, -0.1) is 0 Å². The zero-order chi connectivity index (χ0) is 12.7. The molecule has 0 saturated carbocycles. The van der Waals surface area contributed by atoms with Crippen LogP contribution in [0.1, 0.15) is 5.56 Å². The molecular weight excluding hydrogens is 234 g/mol. The zero-order valence-corrected chi connectivity index (χ0v) is 10.3. The molecule has 1 aromatic carbocycles. The maximum Gasteiger partial charge on any atom is 0.0736 e. The van der Waals surface area contributed by atoms with Crippen molar-refractivity contribution in [1.82, 2.24) is 10.4 Å². The van der Waals surface area contributed by atoms with Crippen LogP contribution >= 0.6 is 0 Å². The van der Waals surface area contributed by atoms with E-state index in [2.05, 4.69) is 58.0 Å². The molecule has 19 heavy (non-hydrogen) atoms. The number of hydrogen-bond donors (Lipinski definition) is 1. The Labute approximate surface area is 111 Å². The lowest BCUT2D eigenvalue weighted by atomic mass is 9.89. The minimum Gasteiger partial charge on any atom is -0.302 e. The number of allylic oxidation sites excluding steroid dienone is 2. The van der Waals surface area contributed by atoms with Crippen molar-refractivity contribution in [1.29, 1.82) is 0 Å². The van der Waals surface area contributed by atoms with Gasteiger partial charge in [-0.2, -0.15) is 5.10 Å². The Bertz CT molecular complexity index is 722. The van der Waals surface area contributed by atoms with E-state index in [0.717, 1.165) is 0 Å². The Morgan fingerprint density at radius 1 is 1.16 bits per heavy atom. The number of pyridine rings is 1. The van der Waals surface area contributed by atoms with E-state index in [9.17, 15) is 0 Å². The summed E-state index contributed by atoms with van der Waals surface area (Å²) in [5, 5.41) is 6.56. The highest BCUT2D eigenvalue weighted by Gasteiger charge is 2.23. The molecule has 0 bridgehead atoms. The highest BCUT2D eigenvalue weighted by atomic mass is 15.3. The van der Waals surface area contributed by atoms with Gasteiger partial charge in [0.1, 0.15) is 0 Å². The van der Waals surface area contributed by atoms with Gasteiger partial charge in [0.05, 0.1) is 6.04 Å². The average molecular weight is 247 g/mol. The molecule has 3 nitrogen and oxygen atoms in total. The number of nitrogens with zero attached hydrogens (tertiary/aromatic N) is 2. The lowest BCUT2D eigenvalue weighted by Crippen LogP contribution is -2.25. The normalized spacial score (nSPS) is 24.1. The van der Waals surface area contributed by atoms with Gasteiger partial charge in [0, 0.05) is 29.9 Å². The molecule has 1 aliphatic carbocycles. The Morgan fingerprint density at radius 3 is 3.16 bits per heavy atom. The molecule has 0 amide bonds. The summed E-state index contributed by atoms with van der Waals surface area (Å²) in [5.41, 5.74) is 5.61. The first-order valence-electron chi connectivity index (χ1n) is 6.44. The first-order chi connectivity index (χ1) is 9.42. The molecule has 1 aliphatic heterocycles. The predicted octanol–water partition coefficient (Wildman–Crippen LogP) is 2.76. The summed E-state index contributed by atoms with van der Waals surface area (Å²) in [7, 11) is 0. The van der Waals surface area contributed by atoms with Crippen molar-refractivity contribution >= 4 is 22.6 Å². The van der Waals surface area contributed by atoms with Crippen molar-refractivity contribution in [3.8, 4) is 0 Å². The van der Waals surface area contributed by atoms with Gasteiger partial charge in [-0.3, -0.25) is 4.98 Å². The van der Waals surface area contributed by atoms with Crippen LogP contribution in [-0.4, -0.2) is 17.2 Å². The molecule has 0 spiro atoms.